The SMILES string of the molecule is CCNC1CCCC1CC1CCC(C)O1. The molecule has 0 spiro atoms. The minimum absolute atomic E-state index is 0.508. The predicted molar refractivity (Wildman–Crippen MR) is 63.0 cm³/mol. The molecule has 0 aromatic rings. The van der Waals surface area contributed by atoms with Gasteiger partial charge in [0.2, 0.25) is 0 Å². The van der Waals surface area contributed by atoms with E-state index in [-0.39, 0.29) is 0 Å². The molecule has 88 valence electrons. The van der Waals surface area contributed by atoms with Crippen molar-refractivity contribution < 1.29 is 4.74 Å². The molecule has 1 aliphatic carbocycles. The van der Waals surface area contributed by atoms with Crippen LogP contribution >= 0.6 is 0 Å². The summed E-state index contributed by atoms with van der Waals surface area (Å²) in [5.41, 5.74) is 0. The highest BCUT2D eigenvalue weighted by atomic mass is 16.5. The van der Waals surface area contributed by atoms with E-state index in [1.807, 2.05) is 0 Å². The lowest BCUT2D eigenvalue weighted by Crippen LogP contribution is -2.33. The maximum absolute atomic E-state index is 5.92. The minimum atomic E-state index is 0.508. The van der Waals surface area contributed by atoms with Gasteiger partial charge in [0, 0.05) is 6.04 Å². The second kappa shape index (κ2) is 5.31. The lowest BCUT2D eigenvalue weighted by atomic mass is 9.95. The van der Waals surface area contributed by atoms with E-state index in [4.69, 9.17) is 4.74 Å². The zero-order valence-electron chi connectivity index (χ0n) is 10.2. The molecule has 0 bridgehead atoms. The van der Waals surface area contributed by atoms with Gasteiger partial charge in [-0.15, -0.1) is 0 Å². The van der Waals surface area contributed by atoms with Gasteiger partial charge >= 0.3 is 0 Å². The van der Waals surface area contributed by atoms with Gasteiger partial charge in [-0.3, -0.25) is 0 Å². The molecule has 2 nitrogen and oxygen atoms in total. The average Bonchev–Trinajstić information content (AvgIpc) is 2.78. The van der Waals surface area contributed by atoms with Gasteiger partial charge < -0.3 is 10.1 Å². The quantitative estimate of drug-likeness (QED) is 0.772. The van der Waals surface area contributed by atoms with Crippen LogP contribution in [0.3, 0.4) is 0 Å². The fraction of sp³-hybridized carbons (Fsp3) is 1.00. The Morgan fingerprint density at radius 1 is 1.20 bits per heavy atom. The van der Waals surface area contributed by atoms with Crippen LogP contribution in [-0.4, -0.2) is 24.8 Å². The van der Waals surface area contributed by atoms with Gasteiger partial charge in [-0.05, 0) is 51.5 Å². The molecule has 2 rings (SSSR count). The Morgan fingerprint density at radius 2 is 2.07 bits per heavy atom. The number of rotatable bonds is 4. The number of hydrogen-bond acceptors (Lipinski definition) is 2. The maximum atomic E-state index is 5.92. The molecule has 2 heteroatoms. The second-order valence-electron chi connectivity index (χ2n) is 5.24. The zero-order valence-corrected chi connectivity index (χ0v) is 10.2. The summed E-state index contributed by atoms with van der Waals surface area (Å²) in [4.78, 5) is 0. The van der Waals surface area contributed by atoms with E-state index in [0.717, 1.165) is 18.5 Å². The molecule has 2 aliphatic rings. The van der Waals surface area contributed by atoms with Crippen LogP contribution < -0.4 is 5.32 Å². The summed E-state index contributed by atoms with van der Waals surface area (Å²) in [5, 5.41) is 3.62. The molecular weight excluding hydrogens is 186 g/mol. The Balaban J connectivity index is 1.77. The first kappa shape index (κ1) is 11.4. The molecule has 15 heavy (non-hydrogen) atoms. The van der Waals surface area contributed by atoms with E-state index in [1.54, 1.807) is 0 Å². The van der Waals surface area contributed by atoms with Crippen LogP contribution in [-0.2, 0) is 4.74 Å². The molecule has 4 unspecified atom stereocenters. The van der Waals surface area contributed by atoms with Gasteiger partial charge in [0.15, 0.2) is 0 Å². The third-order valence-electron chi connectivity index (χ3n) is 4.01. The van der Waals surface area contributed by atoms with Gasteiger partial charge in [-0.25, -0.2) is 0 Å². The van der Waals surface area contributed by atoms with Crippen LogP contribution in [0.4, 0.5) is 0 Å². The van der Waals surface area contributed by atoms with E-state index in [1.165, 1.54) is 38.5 Å². The van der Waals surface area contributed by atoms with E-state index in [9.17, 15) is 0 Å². The summed E-state index contributed by atoms with van der Waals surface area (Å²) in [6.45, 7) is 5.53. The molecule has 0 amide bonds. The molecule has 0 radical (unpaired) electrons. The van der Waals surface area contributed by atoms with Gasteiger partial charge in [-0.2, -0.15) is 0 Å². The third kappa shape index (κ3) is 2.94. The van der Waals surface area contributed by atoms with Crippen molar-refractivity contribution >= 4 is 0 Å². The molecule has 2 fully saturated rings. The molecule has 1 aliphatic heterocycles. The van der Waals surface area contributed by atoms with Crippen molar-refractivity contribution in [3.05, 3.63) is 0 Å². The summed E-state index contributed by atoms with van der Waals surface area (Å²) in [7, 11) is 0. The summed E-state index contributed by atoms with van der Waals surface area (Å²) < 4.78 is 5.92. The topological polar surface area (TPSA) is 21.3 Å². The van der Waals surface area contributed by atoms with Crippen molar-refractivity contribution in [3.63, 3.8) is 0 Å². The predicted octanol–water partition coefficient (Wildman–Crippen LogP) is 2.72. The van der Waals surface area contributed by atoms with Crippen molar-refractivity contribution in [3.8, 4) is 0 Å². The Hall–Kier alpha value is -0.0800. The largest absolute Gasteiger partial charge is 0.375 e. The molecule has 0 aromatic heterocycles. The van der Waals surface area contributed by atoms with Crippen molar-refractivity contribution in [1.29, 1.82) is 0 Å². The molecule has 4 atom stereocenters. The molecule has 1 N–H and O–H groups in total. The average molecular weight is 211 g/mol. The monoisotopic (exact) mass is 211 g/mol. The second-order valence-corrected chi connectivity index (χ2v) is 5.24. The molecular formula is C13H25NO. The van der Waals surface area contributed by atoms with Crippen LogP contribution in [0, 0.1) is 5.92 Å². The van der Waals surface area contributed by atoms with E-state index < -0.39 is 0 Å². The number of nitrogens with one attached hydrogen (secondary N) is 1. The van der Waals surface area contributed by atoms with Gasteiger partial charge in [0.05, 0.1) is 12.2 Å². The van der Waals surface area contributed by atoms with Crippen LogP contribution in [0.25, 0.3) is 0 Å². The number of ether oxygens (including phenoxy) is 1. The van der Waals surface area contributed by atoms with Crippen molar-refractivity contribution in [2.24, 2.45) is 5.92 Å². The third-order valence-corrected chi connectivity index (χ3v) is 4.01. The van der Waals surface area contributed by atoms with E-state index >= 15 is 0 Å². The number of hydrogen-bond donors (Lipinski definition) is 1. The van der Waals surface area contributed by atoms with Gasteiger partial charge in [0.1, 0.15) is 0 Å². The van der Waals surface area contributed by atoms with E-state index in [2.05, 4.69) is 19.2 Å². The van der Waals surface area contributed by atoms with Crippen LogP contribution in [0.15, 0.2) is 0 Å². The van der Waals surface area contributed by atoms with Crippen molar-refractivity contribution in [2.75, 3.05) is 6.54 Å². The first-order valence-corrected chi connectivity index (χ1v) is 6.68. The highest BCUT2D eigenvalue weighted by Crippen LogP contribution is 2.33. The molecule has 0 aromatic carbocycles. The lowest BCUT2D eigenvalue weighted by Gasteiger charge is -2.23. The smallest absolute Gasteiger partial charge is 0.0583 e. The Kier molecular flexibility index (Phi) is 4.04. The lowest BCUT2D eigenvalue weighted by molar-refractivity contribution is 0.0389. The van der Waals surface area contributed by atoms with Crippen molar-refractivity contribution in [2.45, 2.75) is 70.6 Å². The highest BCUT2D eigenvalue weighted by molar-refractivity contribution is 4.86. The van der Waals surface area contributed by atoms with Gasteiger partial charge in [0.25, 0.3) is 0 Å². The summed E-state index contributed by atoms with van der Waals surface area (Å²) in [6, 6.07) is 0.773. The molecule has 1 saturated carbocycles. The van der Waals surface area contributed by atoms with Crippen LogP contribution in [0.2, 0.25) is 0 Å². The maximum Gasteiger partial charge on any atom is 0.0583 e. The van der Waals surface area contributed by atoms with Crippen LogP contribution in [0.5, 0.6) is 0 Å². The molecule has 1 saturated heterocycles. The first-order chi connectivity index (χ1) is 7.29. The zero-order chi connectivity index (χ0) is 10.7. The summed E-state index contributed by atoms with van der Waals surface area (Å²) in [6.07, 6.45) is 9.11. The molecule has 1 heterocycles. The minimum Gasteiger partial charge on any atom is -0.375 e. The standard InChI is InChI=1S/C13H25NO/c1-3-14-13-6-4-5-11(13)9-12-8-7-10(2)15-12/h10-14H,3-9H2,1-2H3. The summed E-state index contributed by atoms with van der Waals surface area (Å²) in [5.74, 6) is 0.875. The fourth-order valence-corrected chi connectivity index (χ4v) is 3.25. The highest BCUT2D eigenvalue weighted by Gasteiger charge is 2.31. The first-order valence-electron chi connectivity index (χ1n) is 6.68. The van der Waals surface area contributed by atoms with E-state index in [0.29, 0.717) is 12.2 Å². The van der Waals surface area contributed by atoms with Gasteiger partial charge in [-0.1, -0.05) is 13.3 Å². The Bertz CT molecular complexity index is 195. The summed E-state index contributed by atoms with van der Waals surface area (Å²) >= 11 is 0. The van der Waals surface area contributed by atoms with Crippen molar-refractivity contribution in [1.82, 2.24) is 5.32 Å². The fourth-order valence-electron chi connectivity index (χ4n) is 3.25. The van der Waals surface area contributed by atoms with Crippen LogP contribution in [0.1, 0.15) is 52.4 Å². The Labute approximate surface area is 93.8 Å². The Morgan fingerprint density at radius 3 is 2.73 bits per heavy atom. The normalized spacial score (nSPS) is 41.2.